The number of aromatic nitrogens is 1. The molecule has 0 saturated heterocycles. The number of thioether (sulfide) groups is 1. The minimum Gasteiger partial charge on any atom is -0.347 e. The normalized spacial score (nSPS) is 11.1. The van der Waals surface area contributed by atoms with Crippen LogP contribution in [0, 0.1) is 0 Å². The number of nitrogens with zero attached hydrogens (tertiary/aromatic N) is 1. The van der Waals surface area contributed by atoms with Crippen LogP contribution in [-0.2, 0) is 12.8 Å². The van der Waals surface area contributed by atoms with Gasteiger partial charge in [-0.15, -0.1) is 0 Å². The van der Waals surface area contributed by atoms with Crippen molar-refractivity contribution >= 4 is 34.3 Å². The van der Waals surface area contributed by atoms with E-state index >= 15 is 0 Å². The van der Waals surface area contributed by atoms with Crippen molar-refractivity contribution in [3.63, 3.8) is 0 Å². The summed E-state index contributed by atoms with van der Waals surface area (Å²) >= 11 is 7.93. The summed E-state index contributed by atoms with van der Waals surface area (Å²) in [5.41, 5.74) is 2.58. The number of fused-ring (bicyclic) bond motifs is 1. The fraction of sp³-hybridized carbons (Fsp3) is 0.333. The molecular weight excluding hydrogens is 226 g/mol. The largest absolute Gasteiger partial charge is 0.347 e. The SMILES string of the molecule is CCSCc1cc2ccc(Cl)cc2n1C. The Balaban J connectivity index is 2.45. The maximum atomic E-state index is 5.99. The fourth-order valence-corrected chi connectivity index (χ4v) is 2.56. The lowest BCUT2D eigenvalue weighted by Gasteiger charge is -2.02. The Morgan fingerprint density at radius 1 is 1.33 bits per heavy atom. The first-order valence-corrected chi connectivity index (χ1v) is 6.57. The Hall–Kier alpha value is -0.600. The zero-order chi connectivity index (χ0) is 10.8. The van der Waals surface area contributed by atoms with Gasteiger partial charge < -0.3 is 4.57 Å². The molecule has 1 nitrogen and oxygen atoms in total. The van der Waals surface area contributed by atoms with Gasteiger partial charge in [0.05, 0.1) is 0 Å². The lowest BCUT2D eigenvalue weighted by atomic mass is 10.2. The van der Waals surface area contributed by atoms with Crippen molar-refractivity contribution in [3.05, 3.63) is 35.0 Å². The molecule has 3 heteroatoms. The molecule has 0 bridgehead atoms. The maximum Gasteiger partial charge on any atom is 0.0495 e. The van der Waals surface area contributed by atoms with Gasteiger partial charge in [-0.1, -0.05) is 24.6 Å². The van der Waals surface area contributed by atoms with E-state index in [0.29, 0.717) is 0 Å². The first-order chi connectivity index (χ1) is 7.22. The van der Waals surface area contributed by atoms with Crippen molar-refractivity contribution in [2.75, 3.05) is 5.75 Å². The van der Waals surface area contributed by atoms with Crippen LogP contribution in [0.5, 0.6) is 0 Å². The highest BCUT2D eigenvalue weighted by Crippen LogP contribution is 2.24. The van der Waals surface area contributed by atoms with Gasteiger partial charge in [-0.05, 0) is 29.3 Å². The van der Waals surface area contributed by atoms with Gasteiger partial charge in [0, 0.05) is 29.0 Å². The molecule has 0 aliphatic heterocycles. The molecule has 0 N–H and O–H groups in total. The van der Waals surface area contributed by atoms with Gasteiger partial charge in [0.2, 0.25) is 0 Å². The van der Waals surface area contributed by atoms with Gasteiger partial charge in [-0.3, -0.25) is 0 Å². The Kier molecular flexibility index (Phi) is 3.27. The molecule has 80 valence electrons. The summed E-state index contributed by atoms with van der Waals surface area (Å²) in [6.07, 6.45) is 0. The first-order valence-electron chi connectivity index (χ1n) is 5.04. The molecule has 0 aliphatic rings. The molecule has 2 aromatic rings. The molecule has 1 heterocycles. The van der Waals surface area contributed by atoms with Crippen molar-refractivity contribution in [2.24, 2.45) is 7.05 Å². The Morgan fingerprint density at radius 2 is 2.13 bits per heavy atom. The smallest absolute Gasteiger partial charge is 0.0495 e. The molecule has 0 atom stereocenters. The summed E-state index contributed by atoms with van der Waals surface area (Å²) in [5, 5.41) is 2.08. The van der Waals surface area contributed by atoms with Crippen LogP contribution >= 0.6 is 23.4 Å². The van der Waals surface area contributed by atoms with Crippen molar-refractivity contribution in [2.45, 2.75) is 12.7 Å². The second kappa shape index (κ2) is 4.50. The second-order valence-electron chi connectivity index (χ2n) is 3.53. The molecule has 1 aromatic carbocycles. The Labute approximate surface area is 99.4 Å². The molecule has 2 rings (SSSR count). The quantitative estimate of drug-likeness (QED) is 0.781. The molecule has 0 amide bonds. The van der Waals surface area contributed by atoms with E-state index in [0.717, 1.165) is 16.5 Å². The van der Waals surface area contributed by atoms with E-state index in [4.69, 9.17) is 11.6 Å². The summed E-state index contributed by atoms with van der Waals surface area (Å²) in [5.74, 6) is 2.22. The van der Waals surface area contributed by atoms with Crippen LogP contribution in [0.2, 0.25) is 5.02 Å². The number of hydrogen-bond donors (Lipinski definition) is 0. The van der Waals surface area contributed by atoms with Gasteiger partial charge in [0.15, 0.2) is 0 Å². The van der Waals surface area contributed by atoms with Crippen LogP contribution in [-0.4, -0.2) is 10.3 Å². The highest BCUT2D eigenvalue weighted by molar-refractivity contribution is 7.98. The third-order valence-electron chi connectivity index (χ3n) is 2.56. The molecule has 1 aromatic heterocycles. The predicted molar refractivity (Wildman–Crippen MR) is 69.8 cm³/mol. The monoisotopic (exact) mass is 239 g/mol. The van der Waals surface area contributed by atoms with Crippen molar-refractivity contribution in [1.29, 1.82) is 0 Å². The van der Waals surface area contributed by atoms with E-state index in [1.807, 2.05) is 23.9 Å². The molecular formula is C12H14ClNS. The topological polar surface area (TPSA) is 4.93 Å². The lowest BCUT2D eigenvalue weighted by molar-refractivity contribution is 0.910. The van der Waals surface area contributed by atoms with Gasteiger partial charge in [0.25, 0.3) is 0 Å². The minimum atomic E-state index is 0.804. The standard InChI is InChI=1S/C12H14ClNS/c1-3-15-8-11-6-9-4-5-10(13)7-12(9)14(11)2/h4-7H,3,8H2,1-2H3. The predicted octanol–water partition coefficient (Wildman–Crippen LogP) is 4.08. The van der Waals surface area contributed by atoms with E-state index in [1.165, 1.54) is 16.6 Å². The Morgan fingerprint density at radius 3 is 2.87 bits per heavy atom. The van der Waals surface area contributed by atoms with E-state index in [1.54, 1.807) is 0 Å². The number of aryl methyl sites for hydroxylation is 1. The summed E-state index contributed by atoms with van der Waals surface area (Å²) in [6, 6.07) is 8.30. The molecule has 0 spiro atoms. The number of benzene rings is 1. The first kappa shape index (κ1) is 10.9. The van der Waals surface area contributed by atoms with Gasteiger partial charge >= 0.3 is 0 Å². The Bertz CT molecular complexity index is 476. The molecule has 0 fully saturated rings. The van der Waals surface area contributed by atoms with Crippen molar-refractivity contribution in [1.82, 2.24) is 4.57 Å². The van der Waals surface area contributed by atoms with Crippen molar-refractivity contribution in [3.8, 4) is 0 Å². The fourth-order valence-electron chi connectivity index (χ4n) is 1.71. The highest BCUT2D eigenvalue weighted by Gasteiger charge is 2.05. The van der Waals surface area contributed by atoms with Gasteiger partial charge in [-0.25, -0.2) is 0 Å². The van der Waals surface area contributed by atoms with Crippen LogP contribution in [0.1, 0.15) is 12.6 Å². The molecule has 15 heavy (non-hydrogen) atoms. The highest BCUT2D eigenvalue weighted by atomic mass is 35.5. The number of hydrogen-bond acceptors (Lipinski definition) is 1. The summed E-state index contributed by atoms with van der Waals surface area (Å²) in [6.45, 7) is 2.18. The summed E-state index contributed by atoms with van der Waals surface area (Å²) < 4.78 is 2.23. The summed E-state index contributed by atoms with van der Waals surface area (Å²) in [4.78, 5) is 0. The van der Waals surface area contributed by atoms with E-state index in [9.17, 15) is 0 Å². The third-order valence-corrected chi connectivity index (χ3v) is 3.70. The average Bonchev–Trinajstić information content (AvgIpc) is 2.53. The van der Waals surface area contributed by atoms with Crippen LogP contribution in [0.25, 0.3) is 10.9 Å². The molecule has 0 aliphatic carbocycles. The number of halogens is 1. The van der Waals surface area contributed by atoms with Crippen molar-refractivity contribution < 1.29 is 0 Å². The van der Waals surface area contributed by atoms with E-state index < -0.39 is 0 Å². The maximum absolute atomic E-state index is 5.99. The zero-order valence-corrected chi connectivity index (χ0v) is 10.5. The third kappa shape index (κ3) is 2.16. The van der Waals surface area contributed by atoms with Gasteiger partial charge in [0.1, 0.15) is 0 Å². The van der Waals surface area contributed by atoms with Crippen LogP contribution in [0.15, 0.2) is 24.3 Å². The van der Waals surface area contributed by atoms with Crippen LogP contribution in [0.4, 0.5) is 0 Å². The molecule has 0 saturated carbocycles. The van der Waals surface area contributed by atoms with Crippen LogP contribution in [0.3, 0.4) is 0 Å². The average molecular weight is 240 g/mol. The minimum absolute atomic E-state index is 0.804. The van der Waals surface area contributed by atoms with E-state index in [-0.39, 0.29) is 0 Å². The van der Waals surface area contributed by atoms with Gasteiger partial charge in [-0.2, -0.15) is 11.8 Å². The van der Waals surface area contributed by atoms with E-state index in [2.05, 4.69) is 30.7 Å². The van der Waals surface area contributed by atoms with Crippen LogP contribution < -0.4 is 0 Å². The molecule has 0 radical (unpaired) electrons. The molecule has 0 unspecified atom stereocenters. The number of rotatable bonds is 3. The second-order valence-corrected chi connectivity index (χ2v) is 5.25. The zero-order valence-electron chi connectivity index (χ0n) is 8.96. The lowest BCUT2D eigenvalue weighted by Crippen LogP contribution is -1.93. The summed E-state index contributed by atoms with van der Waals surface area (Å²) in [7, 11) is 2.10.